The highest BCUT2D eigenvalue weighted by molar-refractivity contribution is 5.14. The van der Waals surface area contributed by atoms with Gasteiger partial charge in [0.15, 0.2) is 0 Å². The van der Waals surface area contributed by atoms with E-state index in [-0.39, 0.29) is 0 Å². The first-order valence-corrected chi connectivity index (χ1v) is 8.05. The maximum absolute atomic E-state index is 5.75. The zero-order chi connectivity index (χ0) is 13.8. The van der Waals surface area contributed by atoms with Crippen LogP contribution in [0.1, 0.15) is 24.8 Å². The third-order valence-electron chi connectivity index (χ3n) is 4.59. The van der Waals surface area contributed by atoms with E-state index in [4.69, 9.17) is 5.73 Å². The van der Waals surface area contributed by atoms with Gasteiger partial charge in [-0.3, -0.25) is 9.80 Å². The minimum Gasteiger partial charge on any atom is -0.329 e. The summed E-state index contributed by atoms with van der Waals surface area (Å²) < 4.78 is 0. The van der Waals surface area contributed by atoms with Gasteiger partial charge in [-0.05, 0) is 37.3 Å². The highest BCUT2D eigenvalue weighted by atomic mass is 15.2. The maximum atomic E-state index is 5.75. The minimum absolute atomic E-state index is 0.803. The van der Waals surface area contributed by atoms with Crippen LogP contribution in [0.25, 0.3) is 0 Å². The van der Waals surface area contributed by atoms with Crippen LogP contribution in [-0.2, 0) is 6.54 Å². The third-order valence-corrected chi connectivity index (χ3v) is 4.59. The van der Waals surface area contributed by atoms with Gasteiger partial charge in [0, 0.05) is 38.8 Å². The van der Waals surface area contributed by atoms with Crippen molar-refractivity contribution >= 4 is 0 Å². The normalized spacial score (nSPS) is 23.6. The number of hydrogen-bond acceptors (Lipinski definition) is 3. The number of benzene rings is 1. The van der Waals surface area contributed by atoms with Gasteiger partial charge in [-0.15, -0.1) is 0 Å². The number of nitrogens with zero attached hydrogens (tertiary/aromatic N) is 2. The summed E-state index contributed by atoms with van der Waals surface area (Å²) in [4.78, 5) is 5.24. The van der Waals surface area contributed by atoms with E-state index in [0.717, 1.165) is 31.6 Å². The van der Waals surface area contributed by atoms with Crippen molar-refractivity contribution in [1.82, 2.24) is 9.80 Å². The van der Waals surface area contributed by atoms with Crippen LogP contribution in [0.3, 0.4) is 0 Å². The topological polar surface area (TPSA) is 32.5 Å². The average Bonchev–Trinajstić information content (AvgIpc) is 3.22. The van der Waals surface area contributed by atoms with Gasteiger partial charge in [-0.25, -0.2) is 0 Å². The van der Waals surface area contributed by atoms with E-state index in [1.54, 1.807) is 0 Å². The fourth-order valence-corrected chi connectivity index (χ4v) is 3.41. The molecule has 2 N–H and O–H groups in total. The molecular weight excluding hydrogens is 246 g/mol. The summed E-state index contributed by atoms with van der Waals surface area (Å²) in [5.41, 5.74) is 7.19. The van der Waals surface area contributed by atoms with Crippen LogP contribution < -0.4 is 5.73 Å². The van der Waals surface area contributed by atoms with Crippen molar-refractivity contribution in [2.45, 2.75) is 31.8 Å². The van der Waals surface area contributed by atoms with Gasteiger partial charge in [0.05, 0.1) is 0 Å². The van der Waals surface area contributed by atoms with Crippen molar-refractivity contribution in [2.75, 3.05) is 32.7 Å². The summed E-state index contributed by atoms with van der Waals surface area (Å²) in [7, 11) is 0. The van der Waals surface area contributed by atoms with Crippen LogP contribution in [0.5, 0.6) is 0 Å². The molecule has 0 spiro atoms. The van der Waals surface area contributed by atoms with E-state index in [0.29, 0.717) is 0 Å². The molecule has 1 aromatic rings. The second-order valence-corrected chi connectivity index (χ2v) is 6.39. The first-order chi connectivity index (χ1) is 9.85. The van der Waals surface area contributed by atoms with E-state index < -0.39 is 0 Å². The standard InChI is InChI=1S/C17H27N3/c18-9-11-20(17-6-7-17)14-16-8-10-19(13-16)12-15-4-2-1-3-5-15/h1-5,16-17H,6-14,18H2. The van der Waals surface area contributed by atoms with Crippen LogP contribution in [-0.4, -0.2) is 48.6 Å². The summed E-state index contributed by atoms with van der Waals surface area (Å²) >= 11 is 0. The van der Waals surface area contributed by atoms with Gasteiger partial charge in [-0.2, -0.15) is 0 Å². The quantitative estimate of drug-likeness (QED) is 0.824. The zero-order valence-corrected chi connectivity index (χ0v) is 12.4. The lowest BCUT2D eigenvalue weighted by atomic mass is 10.1. The molecule has 1 saturated heterocycles. The molecular formula is C17H27N3. The van der Waals surface area contributed by atoms with Gasteiger partial charge in [-0.1, -0.05) is 30.3 Å². The molecule has 0 bridgehead atoms. The van der Waals surface area contributed by atoms with Gasteiger partial charge >= 0.3 is 0 Å². The Hall–Kier alpha value is -0.900. The van der Waals surface area contributed by atoms with E-state index in [1.807, 2.05) is 0 Å². The third kappa shape index (κ3) is 3.81. The monoisotopic (exact) mass is 273 g/mol. The Balaban J connectivity index is 1.46. The summed E-state index contributed by atoms with van der Waals surface area (Å²) in [6.07, 6.45) is 4.13. The van der Waals surface area contributed by atoms with Crippen molar-refractivity contribution in [3.63, 3.8) is 0 Å². The van der Waals surface area contributed by atoms with Crippen LogP contribution in [0.15, 0.2) is 30.3 Å². The Morgan fingerprint density at radius 3 is 2.65 bits per heavy atom. The van der Waals surface area contributed by atoms with E-state index in [1.165, 1.54) is 44.5 Å². The highest BCUT2D eigenvalue weighted by Crippen LogP contribution is 2.29. The molecule has 20 heavy (non-hydrogen) atoms. The lowest BCUT2D eigenvalue weighted by molar-refractivity contribution is 0.221. The molecule has 3 rings (SSSR count). The maximum Gasteiger partial charge on any atom is 0.0233 e. The van der Waals surface area contributed by atoms with E-state index in [2.05, 4.69) is 40.1 Å². The second kappa shape index (κ2) is 6.70. The molecule has 1 atom stereocenters. The molecule has 0 amide bonds. The molecule has 3 nitrogen and oxygen atoms in total. The van der Waals surface area contributed by atoms with Crippen LogP contribution in [0.4, 0.5) is 0 Å². The molecule has 110 valence electrons. The highest BCUT2D eigenvalue weighted by Gasteiger charge is 2.32. The predicted octanol–water partition coefficient (Wildman–Crippen LogP) is 1.93. The zero-order valence-electron chi connectivity index (χ0n) is 12.4. The van der Waals surface area contributed by atoms with Crippen LogP contribution in [0.2, 0.25) is 0 Å². The van der Waals surface area contributed by atoms with Crippen molar-refractivity contribution < 1.29 is 0 Å². The molecule has 1 aliphatic heterocycles. The Labute approximate surface area is 122 Å². The lowest BCUT2D eigenvalue weighted by Gasteiger charge is -2.25. The van der Waals surface area contributed by atoms with E-state index in [9.17, 15) is 0 Å². The Morgan fingerprint density at radius 1 is 1.15 bits per heavy atom. The van der Waals surface area contributed by atoms with Gasteiger partial charge in [0.1, 0.15) is 0 Å². The molecule has 1 heterocycles. The molecule has 0 aromatic heterocycles. The molecule has 1 aromatic carbocycles. The number of hydrogen-bond donors (Lipinski definition) is 1. The van der Waals surface area contributed by atoms with Gasteiger partial charge in [0.2, 0.25) is 0 Å². The summed E-state index contributed by atoms with van der Waals surface area (Å²) in [5, 5.41) is 0. The van der Waals surface area contributed by atoms with Crippen LogP contribution in [0, 0.1) is 5.92 Å². The minimum atomic E-state index is 0.803. The van der Waals surface area contributed by atoms with Crippen molar-refractivity contribution in [3.05, 3.63) is 35.9 Å². The Kier molecular flexibility index (Phi) is 4.71. The van der Waals surface area contributed by atoms with E-state index >= 15 is 0 Å². The molecule has 1 aliphatic carbocycles. The number of likely N-dealkylation sites (tertiary alicyclic amines) is 1. The summed E-state index contributed by atoms with van der Waals surface area (Å²) in [5.74, 6) is 0.839. The van der Waals surface area contributed by atoms with Gasteiger partial charge < -0.3 is 5.73 Å². The fourth-order valence-electron chi connectivity index (χ4n) is 3.41. The summed E-state index contributed by atoms with van der Waals surface area (Å²) in [6.45, 7) is 6.75. The number of nitrogens with two attached hydrogens (primary N) is 1. The molecule has 1 unspecified atom stereocenters. The largest absolute Gasteiger partial charge is 0.329 e. The second-order valence-electron chi connectivity index (χ2n) is 6.39. The smallest absolute Gasteiger partial charge is 0.0233 e. The van der Waals surface area contributed by atoms with Gasteiger partial charge in [0.25, 0.3) is 0 Å². The average molecular weight is 273 g/mol. The SMILES string of the molecule is NCCN(CC1CCN(Cc2ccccc2)C1)C1CC1. The predicted molar refractivity (Wildman–Crippen MR) is 83.5 cm³/mol. The first-order valence-electron chi connectivity index (χ1n) is 8.05. The lowest BCUT2D eigenvalue weighted by Crippen LogP contribution is -2.36. The molecule has 2 aliphatic rings. The Bertz CT molecular complexity index is 402. The van der Waals surface area contributed by atoms with Crippen molar-refractivity contribution in [3.8, 4) is 0 Å². The molecule has 3 heteroatoms. The molecule has 1 saturated carbocycles. The summed E-state index contributed by atoms with van der Waals surface area (Å²) in [6, 6.07) is 11.7. The van der Waals surface area contributed by atoms with Crippen molar-refractivity contribution in [1.29, 1.82) is 0 Å². The molecule has 2 fully saturated rings. The molecule has 0 radical (unpaired) electrons. The van der Waals surface area contributed by atoms with Crippen molar-refractivity contribution in [2.24, 2.45) is 11.7 Å². The fraction of sp³-hybridized carbons (Fsp3) is 0.647. The first kappa shape index (κ1) is 14.1. The number of rotatable bonds is 7. The van der Waals surface area contributed by atoms with Crippen LogP contribution >= 0.6 is 0 Å². The Morgan fingerprint density at radius 2 is 1.95 bits per heavy atom.